The molecule has 7 heteroatoms. The number of nitrogens with one attached hydrogen (secondary N) is 1. The van der Waals surface area contributed by atoms with Crippen LogP contribution in [0.1, 0.15) is 41.7 Å². The molecule has 2 saturated heterocycles. The number of likely N-dealkylation sites (tertiary alicyclic amines) is 1. The second kappa shape index (κ2) is 8.31. The zero-order valence-corrected chi connectivity index (χ0v) is 16.6. The van der Waals surface area contributed by atoms with Crippen molar-refractivity contribution in [1.82, 2.24) is 24.9 Å². The molecule has 0 saturated carbocycles. The molecule has 4 rings (SSSR count). The number of nitrogens with zero attached hydrogens (tertiary/aromatic N) is 4. The zero-order valence-electron chi connectivity index (χ0n) is 16.6. The van der Waals surface area contributed by atoms with Gasteiger partial charge in [-0.3, -0.25) is 19.6 Å². The molecule has 3 heterocycles. The molecule has 1 aromatic heterocycles. The second-order valence-electron chi connectivity index (χ2n) is 7.98. The molecule has 1 N–H and O–H groups in total. The first kappa shape index (κ1) is 18.9. The maximum absolute atomic E-state index is 13.0. The summed E-state index contributed by atoms with van der Waals surface area (Å²) in [6.07, 6.45) is 4.69. The van der Waals surface area contributed by atoms with E-state index in [2.05, 4.69) is 15.1 Å². The van der Waals surface area contributed by atoms with E-state index < -0.39 is 0 Å². The third kappa shape index (κ3) is 4.04. The number of carbonyl (C=O) groups is 2. The van der Waals surface area contributed by atoms with Crippen LogP contribution in [0.5, 0.6) is 0 Å². The van der Waals surface area contributed by atoms with Crippen LogP contribution in [0.4, 0.5) is 0 Å². The Morgan fingerprint density at radius 1 is 0.964 bits per heavy atom. The van der Waals surface area contributed by atoms with Gasteiger partial charge in [-0.1, -0.05) is 24.5 Å². The molecule has 0 unspecified atom stereocenters. The van der Waals surface area contributed by atoms with Gasteiger partial charge in [-0.15, -0.1) is 0 Å². The van der Waals surface area contributed by atoms with Crippen molar-refractivity contribution in [2.45, 2.75) is 32.6 Å². The number of aromatic amines is 1. The van der Waals surface area contributed by atoms with Gasteiger partial charge in [-0.2, -0.15) is 5.10 Å². The predicted molar refractivity (Wildman–Crippen MR) is 108 cm³/mol. The molecule has 28 heavy (non-hydrogen) atoms. The SMILES string of the molecule is Cc1ccc2[nH]nc(C(=O)N3CCN(CC(=O)N4CCCCCC4)CC3)c2c1. The standard InChI is InChI=1S/C21H29N5O2/c1-16-6-7-18-17(14-16)20(23-22-18)21(28)26-12-10-24(11-13-26)15-19(27)25-8-4-2-3-5-9-25/h6-7,14H,2-5,8-13,15H2,1H3,(H,22,23). The summed E-state index contributed by atoms with van der Waals surface area (Å²) in [6, 6.07) is 5.97. The first-order valence-electron chi connectivity index (χ1n) is 10.4. The van der Waals surface area contributed by atoms with Gasteiger partial charge in [0.25, 0.3) is 5.91 Å². The van der Waals surface area contributed by atoms with Gasteiger partial charge in [0.1, 0.15) is 0 Å². The number of hydrogen-bond acceptors (Lipinski definition) is 4. The lowest BCUT2D eigenvalue weighted by Crippen LogP contribution is -2.51. The van der Waals surface area contributed by atoms with E-state index in [9.17, 15) is 9.59 Å². The highest BCUT2D eigenvalue weighted by Crippen LogP contribution is 2.20. The van der Waals surface area contributed by atoms with E-state index in [4.69, 9.17) is 0 Å². The molecular formula is C21H29N5O2. The molecule has 0 radical (unpaired) electrons. The first-order chi connectivity index (χ1) is 13.6. The highest BCUT2D eigenvalue weighted by molar-refractivity contribution is 6.04. The number of rotatable bonds is 3. The van der Waals surface area contributed by atoms with E-state index in [0.717, 1.165) is 55.5 Å². The van der Waals surface area contributed by atoms with Crippen molar-refractivity contribution >= 4 is 22.7 Å². The van der Waals surface area contributed by atoms with Crippen LogP contribution in [-0.4, -0.2) is 82.5 Å². The van der Waals surface area contributed by atoms with Crippen molar-refractivity contribution in [3.63, 3.8) is 0 Å². The maximum atomic E-state index is 13.0. The van der Waals surface area contributed by atoms with E-state index >= 15 is 0 Å². The Hall–Kier alpha value is -2.41. The van der Waals surface area contributed by atoms with Gasteiger partial charge in [0.15, 0.2) is 5.69 Å². The Bertz CT molecular complexity index is 846. The number of carbonyl (C=O) groups excluding carboxylic acids is 2. The molecule has 0 atom stereocenters. The minimum atomic E-state index is -0.0321. The number of amides is 2. The number of fused-ring (bicyclic) bond motifs is 1. The van der Waals surface area contributed by atoms with Crippen LogP contribution < -0.4 is 0 Å². The van der Waals surface area contributed by atoms with Crippen LogP contribution in [0, 0.1) is 6.92 Å². The average Bonchev–Trinajstić information content (AvgIpc) is 2.92. The summed E-state index contributed by atoms with van der Waals surface area (Å²) in [5.41, 5.74) is 2.49. The highest BCUT2D eigenvalue weighted by atomic mass is 16.2. The van der Waals surface area contributed by atoms with Gasteiger partial charge < -0.3 is 9.80 Å². The minimum Gasteiger partial charge on any atom is -0.342 e. The van der Waals surface area contributed by atoms with Crippen LogP contribution in [-0.2, 0) is 4.79 Å². The maximum Gasteiger partial charge on any atom is 0.275 e. The Labute approximate surface area is 165 Å². The summed E-state index contributed by atoms with van der Waals surface area (Å²) in [7, 11) is 0. The molecule has 2 aromatic rings. The summed E-state index contributed by atoms with van der Waals surface area (Å²) in [6.45, 7) is 6.98. The van der Waals surface area contributed by atoms with E-state index in [-0.39, 0.29) is 11.8 Å². The van der Waals surface area contributed by atoms with Crippen molar-refractivity contribution in [3.05, 3.63) is 29.5 Å². The van der Waals surface area contributed by atoms with Crippen molar-refractivity contribution in [2.24, 2.45) is 0 Å². The van der Waals surface area contributed by atoms with Crippen molar-refractivity contribution in [1.29, 1.82) is 0 Å². The van der Waals surface area contributed by atoms with Crippen LogP contribution in [0.15, 0.2) is 18.2 Å². The van der Waals surface area contributed by atoms with Crippen molar-refractivity contribution in [2.75, 3.05) is 45.8 Å². The normalized spacial score (nSPS) is 19.0. The van der Waals surface area contributed by atoms with Gasteiger partial charge in [-0.05, 0) is 31.9 Å². The molecule has 7 nitrogen and oxygen atoms in total. The van der Waals surface area contributed by atoms with E-state index in [1.54, 1.807) is 0 Å². The Kier molecular flexibility index (Phi) is 5.62. The monoisotopic (exact) mass is 383 g/mol. The van der Waals surface area contributed by atoms with Gasteiger partial charge in [0.05, 0.1) is 12.1 Å². The summed E-state index contributed by atoms with van der Waals surface area (Å²) < 4.78 is 0. The lowest BCUT2D eigenvalue weighted by atomic mass is 10.1. The largest absolute Gasteiger partial charge is 0.342 e. The highest BCUT2D eigenvalue weighted by Gasteiger charge is 2.27. The zero-order chi connectivity index (χ0) is 19.5. The third-order valence-corrected chi connectivity index (χ3v) is 5.90. The molecule has 0 aliphatic carbocycles. The number of benzene rings is 1. The molecule has 150 valence electrons. The fourth-order valence-corrected chi connectivity index (χ4v) is 4.16. The number of aromatic nitrogens is 2. The fourth-order valence-electron chi connectivity index (χ4n) is 4.16. The van der Waals surface area contributed by atoms with Crippen LogP contribution in [0.25, 0.3) is 10.9 Å². The Balaban J connectivity index is 1.34. The van der Waals surface area contributed by atoms with E-state index in [1.807, 2.05) is 34.9 Å². The first-order valence-corrected chi connectivity index (χ1v) is 10.4. The molecule has 2 aliphatic heterocycles. The fraction of sp³-hybridized carbons (Fsp3) is 0.571. The number of H-pyrrole nitrogens is 1. The van der Waals surface area contributed by atoms with E-state index in [1.165, 1.54) is 12.8 Å². The molecule has 0 spiro atoms. The second-order valence-corrected chi connectivity index (χ2v) is 7.98. The molecule has 2 amide bonds. The number of piperazine rings is 1. The van der Waals surface area contributed by atoms with Crippen LogP contribution in [0.3, 0.4) is 0 Å². The topological polar surface area (TPSA) is 72.5 Å². The summed E-state index contributed by atoms with van der Waals surface area (Å²) in [4.78, 5) is 31.6. The minimum absolute atomic E-state index is 0.0321. The van der Waals surface area contributed by atoms with E-state index in [0.29, 0.717) is 25.3 Å². The average molecular weight is 383 g/mol. The van der Waals surface area contributed by atoms with Gasteiger partial charge in [-0.25, -0.2) is 0 Å². The summed E-state index contributed by atoms with van der Waals surface area (Å²) in [5, 5.41) is 8.09. The smallest absolute Gasteiger partial charge is 0.275 e. The Morgan fingerprint density at radius 3 is 2.39 bits per heavy atom. The van der Waals surface area contributed by atoms with Crippen molar-refractivity contribution < 1.29 is 9.59 Å². The number of hydrogen-bond donors (Lipinski definition) is 1. The van der Waals surface area contributed by atoms with Gasteiger partial charge in [0.2, 0.25) is 5.91 Å². The molecule has 2 fully saturated rings. The van der Waals surface area contributed by atoms with Gasteiger partial charge >= 0.3 is 0 Å². The molecule has 1 aromatic carbocycles. The summed E-state index contributed by atoms with van der Waals surface area (Å²) in [5.74, 6) is 0.200. The molecule has 2 aliphatic rings. The van der Waals surface area contributed by atoms with Gasteiger partial charge in [0, 0.05) is 44.7 Å². The quantitative estimate of drug-likeness (QED) is 0.880. The van der Waals surface area contributed by atoms with Crippen LogP contribution in [0.2, 0.25) is 0 Å². The lowest BCUT2D eigenvalue weighted by Gasteiger charge is -2.35. The lowest BCUT2D eigenvalue weighted by molar-refractivity contribution is -0.132. The summed E-state index contributed by atoms with van der Waals surface area (Å²) >= 11 is 0. The third-order valence-electron chi connectivity index (χ3n) is 5.90. The number of aryl methyl sites for hydroxylation is 1. The Morgan fingerprint density at radius 2 is 1.68 bits per heavy atom. The molecular weight excluding hydrogens is 354 g/mol. The predicted octanol–water partition coefficient (Wildman–Crippen LogP) is 2.03. The van der Waals surface area contributed by atoms with Crippen molar-refractivity contribution in [3.8, 4) is 0 Å². The van der Waals surface area contributed by atoms with Crippen LogP contribution >= 0.6 is 0 Å². The molecule has 0 bridgehead atoms.